The Bertz CT molecular complexity index is 235. The molecule has 2 nitrogen and oxygen atoms in total. The van der Waals surface area contributed by atoms with E-state index >= 15 is 0 Å². The Morgan fingerprint density at radius 3 is 2.60 bits per heavy atom. The molecule has 3 heteroatoms. The number of hydrogen-bond acceptors (Lipinski definition) is 3. The second-order valence-corrected chi connectivity index (χ2v) is 2.57. The third-order valence-electron chi connectivity index (χ3n) is 1.33. The van der Waals surface area contributed by atoms with Crippen molar-refractivity contribution >= 4 is 18.3 Å². The monoisotopic (exact) mass is 154 g/mol. The fraction of sp³-hybridized carbons (Fsp3) is 0.143. The summed E-state index contributed by atoms with van der Waals surface area (Å²) < 4.78 is 0. The van der Waals surface area contributed by atoms with E-state index in [1.54, 1.807) is 6.07 Å². The summed E-state index contributed by atoms with van der Waals surface area (Å²) in [6, 6.07) is 5.50. The van der Waals surface area contributed by atoms with Crippen molar-refractivity contribution in [2.24, 2.45) is 5.73 Å². The van der Waals surface area contributed by atoms with Gasteiger partial charge in [-0.1, -0.05) is 6.07 Å². The number of benzene rings is 1. The third-order valence-corrected chi connectivity index (χ3v) is 1.75. The molecular formula is C7H10N2S. The van der Waals surface area contributed by atoms with E-state index in [9.17, 15) is 0 Å². The maximum atomic E-state index is 5.49. The number of hydrogen-bond donors (Lipinski definition) is 3. The summed E-state index contributed by atoms with van der Waals surface area (Å²) in [5, 5.41) is 0. The lowest BCUT2D eigenvalue weighted by molar-refractivity contribution is 1.03. The quantitative estimate of drug-likeness (QED) is 0.418. The Hall–Kier alpha value is -0.670. The molecule has 0 aliphatic rings. The lowest BCUT2D eigenvalue weighted by Gasteiger charge is -2.01. The van der Waals surface area contributed by atoms with Crippen LogP contribution in [0.4, 0.5) is 5.69 Å². The molecule has 0 bridgehead atoms. The SMILES string of the molecule is NCc1ccc(N)cc1S. The summed E-state index contributed by atoms with van der Waals surface area (Å²) >= 11 is 4.19. The maximum Gasteiger partial charge on any atom is 0.0325 e. The van der Waals surface area contributed by atoms with Crippen molar-refractivity contribution < 1.29 is 0 Å². The van der Waals surface area contributed by atoms with Gasteiger partial charge in [0.2, 0.25) is 0 Å². The average molecular weight is 154 g/mol. The van der Waals surface area contributed by atoms with Crippen molar-refractivity contribution in [2.75, 3.05) is 5.73 Å². The molecule has 0 aliphatic carbocycles. The minimum absolute atomic E-state index is 0.513. The van der Waals surface area contributed by atoms with Crippen LogP contribution in [0.15, 0.2) is 23.1 Å². The Labute approximate surface area is 65.6 Å². The lowest BCUT2D eigenvalue weighted by atomic mass is 10.2. The Morgan fingerprint density at radius 2 is 2.10 bits per heavy atom. The van der Waals surface area contributed by atoms with Crippen LogP contribution in [0.5, 0.6) is 0 Å². The first-order valence-electron chi connectivity index (χ1n) is 3.01. The number of thiol groups is 1. The molecule has 0 spiro atoms. The number of anilines is 1. The minimum Gasteiger partial charge on any atom is -0.399 e. The lowest BCUT2D eigenvalue weighted by Crippen LogP contribution is -1.97. The highest BCUT2D eigenvalue weighted by Gasteiger charge is 1.94. The van der Waals surface area contributed by atoms with Crippen LogP contribution in [0.2, 0.25) is 0 Å². The molecule has 1 aromatic rings. The van der Waals surface area contributed by atoms with E-state index in [0.29, 0.717) is 6.54 Å². The molecule has 0 aromatic heterocycles. The van der Waals surface area contributed by atoms with Gasteiger partial charge in [-0.05, 0) is 17.7 Å². The second-order valence-electron chi connectivity index (χ2n) is 2.09. The summed E-state index contributed by atoms with van der Waals surface area (Å²) in [5.41, 5.74) is 12.7. The van der Waals surface area contributed by atoms with Gasteiger partial charge in [0.05, 0.1) is 0 Å². The molecule has 1 rings (SSSR count). The molecule has 4 N–H and O–H groups in total. The summed E-state index contributed by atoms with van der Waals surface area (Å²) in [6.45, 7) is 0.513. The first-order valence-corrected chi connectivity index (χ1v) is 3.46. The smallest absolute Gasteiger partial charge is 0.0325 e. The van der Waals surface area contributed by atoms with Gasteiger partial charge in [-0.25, -0.2) is 0 Å². The first-order chi connectivity index (χ1) is 4.74. The number of nitrogen functional groups attached to an aromatic ring is 1. The highest BCUT2D eigenvalue weighted by Crippen LogP contribution is 2.16. The van der Waals surface area contributed by atoms with Crippen molar-refractivity contribution in [3.05, 3.63) is 23.8 Å². The summed E-state index contributed by atoms with van der Waals surface area (Å²) in [6.07, 6.45) is 0. The van der Waals surface area contributed by atoms with E-state index in [0.717, 1.165) is 16.1 Å². The average Bonchev–Trinajstić information content (AvgIpc) is 1.88. The Balaban J connectivity index is 3.07. The molecular weight excluding hydrogens is 144 g/mol. The first kappa shape index (κ1) is 7.44. The van der Waals surface area contributed by atoms with Crippen LogP contribution in [-0.2, 0) is 6.54 Å². The molecule has 0 unspecified atom stereocenters. The highest BCUT2D eigenvalue weighted by atomic mass is 32.1. The van der Waals surface area contributed by atoms with Crippen molar-refractivity contribution in [3.8, 4) is 0 Å². The van der Waals surface area contributed by atoms with Crippen molar-refractivity contribution in [1.82, 2.24) is 0 Å². The van der Waals surface area contributed by atoms with E-state index in [1.807, 2.05) is 12.1 Å². The van der Waals surface area contributed by atoms with E-state index in [2.05, 4.69) is 12.6 Å². The molecule has 0 aliphatic heterocycles. The van der Waals surface area contributed by atoms with E-state index < -0.39 is 0 Å². The zero-order chi connectivity index (χ0) is 7.56. The van der Waals surface area contributed by atoms with E-state index in [4.69, 9.17) is 11.5 Å². The van der Waals surface area contributed by atoms with Crippen LogP contribution < -0.4 is 11.5 Å². The van der Waals surface area contributed by atoms with Gasteiger partial charge >= 0.3 is 0 Å². The van der Waals surface area contributed by atoms with Gasteiger partial charge < -0.3 is 11.5 Å². The normalized spacial score (nSPS) is 9.80. The summed E-state index contributed by atoms with van der Waals surface area (Å²) in [4.78, 5) is 0.863. The van der Waals surface area contributed by atoms with E-state index in [-0.39, 0.29) is 0 Å². The van der Waals surface area contributed by atoms with Gasteiger partial charge in [-0.3, -0.25) is 0 Å². The zero-order valence-corrected chi connectivity index (χ0v) is 6.44. The van der Waals surface area contributed by atoms with E-state index in [1.165, 1.54) is 0 Å². The second kappa shape index (κ2) is 2.94. The molecule has 0 saturated carbocycles. The zero-order valence-electron chi connectivity index (χ0n) is 5.54. The van der Waals surface area contributed by atoms with Crippen LogP contribution in [0.25, 0.3) is 0 Å². The molecule has 0 saturated heterocycles. The fourth-order valence-corrected chi connectivity index (χ4v) is 1.07. The van der Waals surface area contributed by atoms with Crippen molar-refractivity contribution in [3.63, 3.8) is 0 Å². The molecule has 0 heterocycles. The number of rotatable bonds is 1. The minimum atomic E-state index is 0.513. The van der Waals surface area contributed by atoms with Gasteiger partial charge in [-0.2, -0.15) is 0 Å². The third kappa shape index (κ3) is 1.43. The van der Waals surface area contributed by atoms with Gasteiger partial charge in [0.1, 0.15) is 0 Å². The topological polar surface area (TPSA) is 52.0 Å². The Kier molecular flexibility index (Phi) is 2.19. The standard InChI is InChI=1S/C7H10N2S/c8-4-5-1-2-6(9)3-7(5)10/h1-3,10H,4,8-9H2. The van der Waals surface area contributed by atoms with Gasteiger partial charge in [0, 0.05) is 17.1 Å². The van der Waals surface area contributed by atoms with Crippen LogP contribution in [0.1, 0.15) is 5.56 Å². The van der Waals surface area contributed by atoms with Gasteiger partial charge in [0.15, 0.2) is 0 Å². The maximum absolute atomic E-state index is 5.49. The molecule has 10 heavy (non-hydrogen) atoms. The van der Waals surface area contributed by atoms with Gasteiger partial charge in [-0.15, -0.1) is 12.6 Å². The van der Waals surface area contributed by atoms with Crippen molar-refractivity contribution in [1.29, 1.82) is 0 Å². The summed E-state index contributed by atoms with van der Waals surface area (Å²) in [5.74, 6) is 0. The van der Waals surface area contributed by atoms with Gasteiger partial charge in [0.25, 0.3) is 0 Å². The van der Waals surface area contributed by atoms with Crippen LogP contribution in [0, 0.1) is 0 Å². The molecule has 0 amide bonds. The predicted octanol–water partition coefficient (Wildman–Crippen LogP) is 1.02. The van der Waals surface area contributed by atoms with Crippen LogP contribution in [0.3, 0.4) is 0 Å². The Morgan fingerprint density at radius 1 is 1.40 bits per heavy atom. The fourth-order valence-electron chi connectivity index (χ4n) is 0.753. The molecule has 0 fully saturated rings. The molecule has 54 valence electrons. The predicted molar refractivity (Wildman–Crippen MR) is 46.0 cm³/mol. The molecule has 0 atom stereocenters. The molecule has 0 radical (unpaired) electrons. The van der Waals surface area contributed by atoms with Crippen molar-refractivity contribution in [2.45, 2.75) is 11.4 Å². The summed E-state index contributed by atoms with van der Waals surface area (Å²) in [7, 11) is 0. The highest BCUT2D eigenvalue weighted by molar-refractivity contribution is 7.80. The molecule has 1 aromatic carbocycles. The largest absolute Gasteiger partial charge is 0.399 e. The van der Waals surface area contributed by atoms with Crippen LogP contribution in [-0.4, -0.2) is 0 Å². The number of nitrogens with two attached hydrogens (primary N) is 2. The van der Waals surface area contributed by atoms with Crippen LogP contribution >= 0.6 is 12.6 Å².